The van der Waals surface area contributed by atoms with E-state index in [1.807, 2.05) is 23.5 Å². The van der Waals surface area contributed by atoms with Crippen molar-refractivity contribution in [1.29, 1.82) is 0 Å². The Bertz CT molecular complexity index is 81.5. The predicted octanol–water partition coefficient (Wildman–Crippen LogP) is 3.37. The van der Waals surface area contributed by atoms with Crippen molar-refractivity contribution in [3.05, 3.63) is 0 Å². The molecule has 0 heterocycles. The number of rotatable bonds is 6. The van der Waals surface area contributed by atoms with E-state index in [1.165, 1.54) is 11.5 Å². The maximum atomic E-state index is 4.93. The fraction of sp³-hybridized carbons (Fsp3) is 1.00. The molecule has 0 rings (SSSR count). The molecule has 0 aliphatic heterocycles. The van der Waals surface area contributed by atoms with Gasteiger partial charge in [-0.1, -0.05) is 0 Å². The van der Waals surface area contributed by atoms with Gasteiger partial charge in [0.25, 0.3) is 0 Å². The van der Waals surface area contributed by atoms with E-state index in [-0.39, 0.29) is 0 Å². The topological polar surface area (TPSA) is 12.0 Å². The van der Waals surface area contributed by atoms with Crippen molar-refractivity contribution in [3.63, 3.8) is 0 Å². The molecule has 0 aliphatic carbocycles. The monoisotopic (exact) mass is 322 g/mol. The zero-order chi connectivity index (χ0) is 10.5. The Kier molecular flexibility index (Phi) is 22.1. The molecule has 0 bridgehead atoms. The molecule has 13 heavy (non-hydrogen) atoms. The second-order valence-electron chi connectivity index (χ2n) is 1.91. The summed E-state index contributed by atoms with van der Waals surface area (Å²) in [4.78, 5) is 0. The van der Waals surface area contributed by atoms with Gasteiger partial charge in [0.05, 0.1) is 0 Å². The van der Waals surface area contributed by atoms with Gasteiger partial charge in [-0.25, -0.2) is 0 Å². The van der Waals surface area contributed by atoms with Crippen LogP contribution in [0.1, 0.15) is 0 Å². The van der Waals surface area contributed by atoms with Crippen molar-refractivity contribution >= 4 is 53.7 Å². The van der Waals surface area contributed by atoms with Crippen molar-refractivity contribution in [2.45, 2.75) is 0 Å². The third-order valence-corrected chi connectivity index (χ3v) is 2.19. The average Bonchev–Trinajstić information content (AvgIpc) is 2.03. The van der Waals surface area contributed by atoms with Gasteiger partial charge in [0.1, 0.15) is 0 Å². The first-order valence-corrected chi connectivity index (χ1v) is 11.6. The quantitative estimate of drug-likeness (QED) is 0.753. The molecule has 0 spiro atoms. The molecule has 0 saturated carbocycles. The fourth-order valence-corrected chi connectivity index (χ4v) is 1.17. The standard InChI is InChI=1S/C6H15NS2.3ClH.Cr/c1-8-5-3-7-4-6-9-2;;;;/h7H,3-6H2,1-2H3;3*1H;/q;;;;+3/p-3. The molecule has 1 nitrogen and oxygen atoms in total. The summed E-state index contributed by atoms with van der Waals surface area (Å²) in [6.07, 6.45) is 4.27. The van der Waals surface area contributed by atoms with Gasteiger partial charge in [-0.3, -0.25) is 0 Å². The first kappa shape index (κ1) is 17.5. The summed E-state index contributed by atoms with van der Waals surface area (Å²) < 4.78 is 0. The van der Waals surface area contributed by atoms with Gasteiger partial charge in [-0.05, 0) is 12.5 Å². The van der Waals surface area contributed by atoms with E-state index in [1.54, 1.807) is 0 Å². The predicted molar refractivity (Wildman–Crippen MR) is 67.2 cm³/mol. The van der Waals surface area contributed by atoms with Crippen molar-refractivity contribution < 1.29 is 11.4 Å². The summed E-state index contributed by atoms with van der Waals surface area (Å²) >= 11 is 2.16. The van der Waals surface area contributed by atoms with Crippen molar-refractivity contribution in [2.24, 2.45) is 0 Å². The second-order valence-corrected chi connectivity index (χ2v) is 10.2. The molecule has 0 aromatic rings. The summed E-state index contributed by atoms with van der Waals surface area (Å²) in [6, 6.07) is 0. The minimum absolute atomic E-state index is 1.15. The van der Waals surface area contributed by atoms with Gasteiger partial charge >= 0.3 is 41.5 Å². The van der Waals surface area contributed by atoms with Crippen molar-refractivity contribution in [2.75, 3.05) is 37.1 Å². The molecule has 0 aromatic heterocycles. The SMILES string of the molecule is CSCCNCCSC.[Cl][Cr]([Cl])[Cl]. The van der Waals surface area contributed by atoms with Gasteiger partial charge < -0.3 is 5.32 Å². The Balaban J connectivity index is 0. The first-order chi connectivity index (χ1) is 6.15. The third-order valence-electron chi connectivity index (χ3n) is 0.966. The van der Waals surface area contributed by atoms with Crippen LogP contribution in [0.3, 0.4) is 0 Å². The summed E-state index contributed by atoms with van der Waals surface area (Å²) in [6.45, 7) is 2.31. The van der Waals surface area contributed by atoms with Crippen LogP contribution in [-0.2, 0) is 11.4 Å². The van der Waals surface area contributed by atoms with Crippen LogP contribution in [0.2, 0.25) is 0 Å². The summed E-state index contributed by atoms with van der Waals surface area (Å²) in [5.41, 5.74) is 0. The Hall–Kier alpha value is 2.06. The van der Waals surface area contributed by atoms with Crippen molar-refractivity contribution in [1.82, 2.24) is 5.32 Å². The number of hydrogen-bond acceptors (Lipinski definition) is 3. The number of thioether (sulfide) groups is 2. The molecular weight excluding hydrogens is 309 g/mol. The molecule has 0 aliphatic rings. The summed E-state index contributed by atoms with van der Waals surface area (Å²) in [7, 11) is 14.8. The molecule has 1 N–H and O–H groups in total. The first-order valence-electron chi connectivity index (χ1n) is 3.56. The molecule has 0 aromatic carbocycles. The minimum atomic E-state index is -1.62. The molecule has 83 valence electrons. The number of nitrogens with one attached hydrogen (secondary N) is 1. The van der Waals surface area contributed by atoms with Gasteiger partial charge in [0, 0.05) is 24.6 Å². The second kappa shape index (κ2) is 16.5. The Labute approximate surface area is 107 Å². The van der Waals surface area contributed by atoms with Crippen LogP contribution in [0.4, 0.5) is 0 Å². The van der Waals surface area contributed by atoms with Gasteiger partial charge in [0.15, 0.2) is 0 Å². The molecule has 0 radical (unpaired) electrons. The molecule has 0 amide bonds. The van der Waals surface area contributed by atoms with E-state index in [9.17, 15) is 0 Å². The van der Waals surface area contributed by atoms with E-state index < -0.39 is 11.4 Å². The van der Waals surface area contributed by atoms with E-state index in [4.69, 9.17) is 30.1 Å². The van der Waals surface area contributed by atoms with Gasteiger partial charge in [-0.15, -0.1) is 0 Å². The molecule has 0 atom stereocenters. The molecule has 0 saturated heterocycles. The van der Waals surface area contributed by atoms with Gasteiger partial charge in [0.2, 0.25) is 0 Å². The number of hydrogen-bond donors (Lipinski definition) is 1. The zero-order valence-electron chi connectivity index (χ0n) is 7.69. The molecule has 0 fully saturated rings. The van der Waals surface area contributed by atoms with Crippen LogP contribution in [0.15, 0.2) is 0 Å². The molecule has 0 unspecified atom stereocenters. The van der Waals surface area contributed by atoms with E-state index >= 15 is 0 Å². The van der Waals surface area contributed by atoms with Gasteiger partial charge in [-0.2, -0.15) is 23.5 Å². The van der Waals surface area contributed by atoms with Crippen LogP contribution >= 0.6 is 53.7 Å². The van der Waals surface area contributed by atoms with E-state index in [0.29, 0.717) is 0 Å². The number of halogens is 3. The van der Waals surface area contributed by atoms with Crippen LogP contribution in [0, 0.1) is 0 Å². The summed E-state index contributed by atoms with van der Waals surface area (Å²) in [5.74, 6) is 2.46. The Morgan fingerprint density at radius 1 is 1.00 bits per heavy atom. The Morgan fingerprint density at radius 3 is 1.54 bits per heavy atom. The van der Waals surface area contributed by atoms with E-state index in [0.717, 1.165) is 13.1 Å². The van der Waals surface area contributed by atoms with E-state index in [2.05, 4.69) is 17.8 Å². The van der Waals surface area contributed by atoms with Crippen molar-refractivity contribution in [3.8, 4) is 0 Å². The average molecular weight is 324 g/mol. The van der Waals surface area contributed by atoms with Crippen LogP contribution in [0.5, 0.6) is 0 Å². The Morgan fingerprint density at radius 2 is 1.31 bits per heavy atom. The zero-order valence-corrected chi connectivity index (χ0v) is 12.9. The van der Waals surface area contributed by atoms with Crippen LogP contribution in [0.25, 0.3) is 0 Å². The molecular formula is C6H15Cl3CrNS2. The fourth-order valence-electron chi connectivity index (χ4n) is 0.473. The summed E-state index contributed by atoms with van der Waals surface area (Å²) in [5, 5.41) is 3.35. The third kappa shape index (κ3) is 31.5. The molecule has 7 heteroatoms. The van der Waals surface area contributed by atoms with Crippen LogP contribution < -0.4 is 5.32 Å². The maximum absolute atomic E-state index is 4.93. The normalized spacial score (nSPS) is 9.69. The van der Waals surface area contributed by atoms with Crippen LogP contribution in [-0.4, -0.2) is 37.1 Å².